The van der Waals surface area contributed by atoms with Crippen molar-refractivity contribution in [1.29, 1.82) is 0 Å². The second kappa shape index (κ2) is 3.82. The number of hydrogen-bond acceptors (Lipinski definition) is 3. The van der Waals surface area contributed by atoms with E-state index in [0.717, 1.165) is 17.6 Å². The maximum absolute atomic E-state index is 13.5. The number of para-hydroxylation sites is 1. The van der Waals surface area contributed by atoms with Crippen LogP contribution in [0.15, 0.2) is 28.7 Å². The van der Waals surface area contributed by atoms with Crippen molar-refractivity contribution in [3.05, 3.63) is 35.8 Å². The van der Waals surface area contributed by atoms with E-state index in [-0.39, 0.29) is 11.9 Å². The summed E-state index contributed by atoms with van der Waals surface area (Å²) in [6.45, 7) is 2.18. The standard InChI is InChI=1S/C13H15FN2O/c1-7-5-9(7)12(16-15)11-6-8-3-2-4-10(14)13(8)17-11/h2-4,6-7,9,12,16H,5,15H2,1H3. The first-order chi connectivity index (χ1) is 8.20. The molecule has 1 aliphatic rings. The van der Waals surface area contributed by atoms with Crippen LogP contribution in [-0.4, -0.2) is 0 Å². The van der Waals surface area contributed by atoms with Crippen LogP contribution in [0.1, 0.15) is 25.1 Å². The molecule has 0 saturated heterocycles. The van der Waals surface area contributed by atoms with Gasteiger partial charge in [0.15, 0.2) is 11.4 Å². The highest BCUT2D eigenvalue weighted by Gasteiger charge is 2.41. The van der Waals surface area contributed by atoms with E-state index in [9.17, 15) is 4.39 Å². The van der Waals surface area contributed by atoms with Gasteiger partial charge >= 0.3 is 0 Å². The monoisotopic (exact) mass is 234 g/mol. The first kappa shape index (κ1) is 10.7. The van der Waals surface area contributed by atoms with E-state index >= 15 is 0 Å². The summed E-state index contributed by atoms with van der Waals surface area (Å²) in [5.41, 5.74) is 3.09. The first-order valence-corrected chi connectivity index (χ1v) is 5.85. The number of nitrogens with two attached hydrogens (primary N) is 1. The number of halogens is 1. The van der Waals surface area contributed by atoms with Gasteiger partial charge in [-0.05, 0) is 30.4 Å². The lowest BCUT2D eigenvalue weighted by atomic mass is 10.1. The molecule has 1 aromatic carbocycles. The molecule has 1 fully saturated rings. The molecule has 90 valence electrons. The van der Waals surface area contributed by atoms with Gasteiger partial charge in [0.1, 0.15) is 5.76 Å². The lowest BCUT2D eigenvalue weighted by molar-refractivity contribution is 0.387. The van der Waals surface area contributed by atoms with E-state index in [1.807, 2.05) is 12.1 Å². The summed E-state index contributed by atoms with van der Waals surface area (Å²) in [6, 6.07) is 6.78. The predicted molar refractivity (Wildman–Crippen MR) is 63.5 cm³/mol. The predicted octanol–water partition coefficient (Wildman–Crippen LogP) is 2.73. The number of hydrazine groups is 1. The van der Waals surface area contributed by atoms with Crippen LogP contribution < -0.4 is 11.3 Å². The van der Waals surface area contributed by atoms with Gasteiger partial charge in [0.2, 0.25) is 0 Å². The second-order valence-corrected chi connectivity index (χ2v) is 4.83. The minimum Gasteiger partial charge on any atom is -0.456 e. The Kier molecular flexibility index (Phi) is 2.42. The zero-order chi connectivity index (χ0) is 12.0. The smallest absolute Gasteiger partial charge is 0.169 e. The normalized spacial score (nSPS) is 25.1. The van der Waals surface area contributed by atoms with Gasteiger partial charge in [0, 0.05) is 5.39 Å². The molecule has 3 nitrogen and oxygen atoms in total. The summed E-state index contributed by atoms with van der Waals surface area (Å²) in [5, 5.41) is 0.786. The van der Waals surface area contributed by atoms with E-state index in [1.165, 1.54) is 6.07 Å². The largest absolute Gasteiger partial charge is 0.456 e. The molecule has 2 aromatic rings. The Bertz CT molecular complexity index is 551. The van der Waals surface area contributed by atoms with Crippen LogP contribution in [0.25, 0.3) is 11.0 Å². The summed E-state index contributed by atoms with van der Waals surface area (Å²) in [7, 11) is 0. The van der Waals surface area contributed by atoms with Gasteiger partial charge in [0.25, 0.3) is 0 Å². The van der Waals surface area contributed by atoms with Gasteiger partial charge in [-0.15, -0.1) is 0 Å². The summed E-state index contributed by atoms with van der Waals surface area (Å²) in [4.78, 5) is 0. The van der Waals surface area contributed by atoms with Crippen molar-refractivity contribution in [3.63, 3.8) is 0 Å². The van der Waals surface area contributed by atoms with Crippen LogP contribution in [-0.2, 0) is 0 Å². The molecular formula is C13H15FN2O. The SMILES string of the molecule is CC1CC1C(NN)c1cc2cccc(F)c2o1. The molecule has 0 amide bonds. The fraction of sp³-hybridized carbons (Fsp3) is 0.385. The van der Waals surface area contributed by atoms with Crippen molar-refractivity contribution in [2.24, 2.45) is 17.7 Å². The minimum absolute atomic E-state index is 0.0169. The van der Waals surface area contributed by atoms with E-state index < -0.39 is 0 Å². The van der Waals surface area contributed by atoms with E-state index in [2.05, 4.69) is 12.3 Å². The van der Waals surface area contributed by atoms with Gasteiger partial charge in [0.05, 0.1) is 6.04 Å². The number of rotatable bonds is 3. The Morgan fingerprint density at radius 2 is 2.29 bits per heavy atom. The average molecular weight is 234 g/mol. The highest BCUT2D eigenvalue weighted by Crippen LogP contribution is 2.47. The molecule has 0 bridgehead atoms. The van der Waals surface area contributed by atoms with Gasteiger partial charge in [-0.25, -0.2) is 9.82 Å². The van der Waals surface area contributed by atoms with Crippen molar-refractivity contribution >= 4 is 11.0 Å². The van der Waals surface area contributed by atoms with Crippen LogP contribution in [0.4, 0.5) is 4.39 Å². The molecule has 3 unspecified atom stereocenters. The number of hydrogen-bond donors (Lipinski definition) is 2. The Morgan fingerprint density at radius 3 is 2.88 bits per heavy atom. The van der Waals surface area contributed by atoms with Crippen molar-refractivity contribution in [1.82, 2.24) is 5.43 Å². The van der Waals surface area contributed by atoms with Gasteiger partial charge in [-0.3, -0.25) is 5.84 Å². The van der Waals surface area contributed by atoms with Crippen LogP contribution in [0, 0.1) is 17.7 Å². The van der Waals surface area contributed by atoms with Crippen LogP contribution in [0.3, 0.4) is 0 Å². The van der Waals surface area contributed by atoms with Gasteiger partial charge in [-0.2, -0.15) is 0 Å². The van der Waals surface area contributed by atoms with Crippen molar-refractivity contribution in [3.8, 4) is 0 Å². The van der Waals surface area contributed by atoms with Crippen molar-refractivity contribution in [2.75, 3.05) is 0 Å². The second-order valence-electron chi connectivity index (χ2n) is 4.83. The van der Waals surface area contributed by atoms with Crippen molar-refractivity contribution < 1.29 is 8.81 Å². The summed E-state index contributed by atoms with van der Waals surface area (Å²) in [5.74, 6) is 7.10. The summed E-state index contributed by atoms with van der Waals surface area (Å²) < 4.78 is 19.1. The molecule has 3 atom stereocenters. The Morgan fingerprint density at radius 1 is 1.53 bits per heavy atom. The van der Waals surface area contributed by atoms with Crippen LogP contribution in [0.5, 0.6) is 0 Å². The number of fused-ring (bicyclic) bond motifs is 1. The Balaban J connectivity index is 2.02. The Labute approximate surface area is 98.8 Å². The zero-order valence-electron chi connectivity index (χ0n) is 9.61. The zero-order valence-corrected chi connectivity index (χ0v) is 9.61. The molecule has 0 aliphatic heterocycles. The molecular weight excluding hydrogens is 219 g/mol. The fourth-order valence-corrected chi connectivity index (χ4v) is 2.43. The molecule has 3 rings (SSSR count). The molecule has 1 saturated carbocycles. The lowest BCUT2D eigenvalue weighted by Crippen LogP contribution is -2.29. The highest BCUT2D eigenvalue weighted by atomic mass is 19.1. The molecule has 0 spiro atoms. The first-order valence-electron chi connectivity index (χ1n) is 5.85. The van der Waals surface area contributed by atoms with Crippen LogP contribution in [0.2, 0.25) is 0 Å². The average Bonchev–Trinajstić information content (AvgIpc) is 2.87. The molecule has 3 N–H and O–H groups in total. The van der Waals surface area contributed by atoms with Crippen molar-refractivity contribution in [2.45, 2.75) is 19.4 Å². The van der Waals surface area contributed by atoms with E-state index in [4.69, 9.17) is 10.3 Å². The maximum atomic E-state index is 13.5. The fourth-order valence-electron chi connectivity index (χ4n) is 2.43. The third kappa shape index (κ3) is 1.73. The van der Waals surface area contributed by atoms with Gasteiger partial charge in [-0.1, -0.05) is 19.1 Å². The molecule has 17 heavy (non-hydrogen) atoms. The third-order valence-electron chi connectivity index (χ3n) is 3.60. The highest BCUT2D eigenvalue weighted by molar-refractivity contribution is 5.78. The van der Waals surface area contributed by atoms with E-state index in [1.54, 1.807) is 6.07 Å². The third-order valence-corrected chi connectivity index (χ3v) is 3.60. The lowest BCUT2D eigenvalue weighted by Gasteiger charge is -2.11. The number of benzene rings is 1. The van der Waals surface area contributed by atoms with Gasteiger partial charge < -0.3 is 4.42 Å². The maximum Gasteiger partial charge on any atom is 0.169 e. The summed E-state index contributed by atoms with van der Waals surface area (Å²) >= 11 is 0. The molecule has 0 radical (unpaired) electrons. The van der Waals surface area contributed by atoms with E-state index in [0.29, 0.717) is 17.4 Å². The number of furan rings is 1. The quantitative estimate of drug-likeness (QED) is 0.634. The number of nitrogens with one attached hydrogen (secondary N) is 1. The molecule has 4 heteroatoms. The Hall–Kier alpha value is -1.39. The summed E-state index contributed by atoms with van der Waals surface area (Å²) in [6.07, 6.45) is 1.13. The van der Waals surface area contributed by atoms with Crippen LogP contribution >= 0.6 is 0 Å². The molecule has 1 aromatic heterocycles. The molecule has 1 heterocycles. The molecule has 1 aliphatic carbocycles. The minimum atomic E-state index is -0.326. The topological polar surface area (TPSA) is 51.2 Å².